The number of aryl methyl sites for hydroxylation is 1. The lowest BCUT2D eigenvalue weighted by atomic mass is 10.1. The molecule has 36 heavy (non-hydrogen) atoms. The van der Waals surface area contributed by atoms with Gasteiger partial charge in [0.05, 0.1) is 24.7 Å². The van der Waals surface area contributed by atoms with Gasteiger partial charge in [-0.05, 0) is 60.9 Å². The number of para-hydroxylation sites is 2. The second-order valence-electron chi connectivity index (χ2n) is 9.18. The zero-order valence-corrected chi connectivity index (χ0v) is 20.8. The minimum atomic E-state index is 0.0122. The van der Waals surface area contributed by atoms with Gasteiger partial charge in [0.2, 0.25) is 5.91 Å². The smallest absolute Gasteiger partial charge is 0.227 e. The predicted molar refractivity (Wildman–Crippen MR) is 143 cm³/mol. The summed E-state index contributed by atoms with van der Waals surface area (Å²) in [6, 6.07) is 22.2. The van der Waals surface area contributed by atoms with E-state index in [4.69, 9.17) is 14.5 Å². The lowest BCUT2D eigenvalue weighted by Crippen LogP contribution is -2.24. The zero-order valence-electron chi connectivity index (χ0n) is 20.8. The highest BCUT2D eigenvalue weighted by Gasteiger charge is 2.34. The van der Waals surface area contributed by atoms with Crippen LogP contribution in [0.2, 0.25) is 0 Å². The van der Waals surface area contributed by atoms with Crippen LogP contribution < -0.4 is 14.4 Å². The van der Waals surface area contributed by atoms with Gasteiger partial charge in [-0.1, -0.05) is 36.4 Å². The Morgan fingerprint density at radius 3 is 2.75 bits per heavy atom. The van der Waals surface area contributed by atoms with E-state index in [2.05, 4.69) is 23.3 Å². The van der Waals surface area contributed by atoms with Crippen molar-refractivity contribution in [2.75, 3.05) is 25.2 Å². The molecular formula is C30H31N3O3. The van der Waals surface area contributed by atoms with E-state index < -0.39 is 0 Å². The molecule has 184 valence electrons. The summed E-state index contributed by atoms with van der Waals surface area (Å²) in [7, 11) is 1.65. The van der Waals surface area contributed by atoms with Crippen molar-refractivity contribution in [2.24, 2.45) is 0 Å². The average molecular weight is 482 g/mol. The number of carbonyl (C=O) groups is 1. The van der Waals surface area contributed by atoms with E-state index in [9.17, 15) is 4.79 Å². The molecule has 3 aromatic carbocycles. The maximum atomic E-state index is 13.0. The van der Waals surface area contributed by atoms with Crippen LogP contribution in [0.1, 0.15) is 29.3 Å². The monoisotopic (exact) mass is 481 g/mol. The van der Waals surface area contributed by atoms with Crippen molar-refractivity contribution in [3.63, 3.8) is 0 Å². The summed E-state index contributed by atoms with van der Waals surface area (Å²) >= 11 is 0. The number of nitrogens with zero attached hydrogens (tertiary/aromatic N) is 3. The topological polar surface area (TPSA) is 56.6 Å². The van der Waals surface area contributed by atoms with Gasteiger partial charge < -0.3 is 18.9 Å². The Bertz CT molecular complexity index is 1410. The normalized spacial score (nSPS) is 15.4. The number of amides is 1. The third-order valence-corrected chi connectivity index (χ3v) is 6.67. The first-order valence-electron chi connectivity index (χ1n) is 12.3. The van der Waals surface area contributed by atoms with Gasteiger partial charge in [0.1, 0.15) is 12.4 Å². The number of carbonyl (C=O) groups excluding carboxylic acids is 1. The molecule has 0 radical (unpaired) electrons. The van der Waals surface area contributed by atoms with E-state index in [1.807, 2.05) is 72.5 Å². The number of benzene rings is 3. The second kappa shape index (κ2) is 10.3. The highest BCUT2D eigenvalue weighted by Crippen LogP contribution is 2.34. The standard InChI is InChI=1S/C30H31N3O3/c1-4-8-22-13-14-27(28(18-22)35-3)36-16-15-32-26-12-6-5-11-25(26)31-30(32)23-19-29(34)33(20-23)24-10-7-9-21(2)17-24/h4-7,9-14,17-18,23H,1,8,15-16,19-20H2,2-3H3/t23-/m0/s1. The number of rotatable bonds is 9. The van der Waals surface area contributed by atoms with Crippen molar-refractivity contribution in [1.82, 2.24) is 9.55 Å². The van der Waals surface area contributed by atoms with E-state index in [-0.39, 0.29) is 11.8 Å². The molecule has 4 aromatic rings. The molecule has 1 aliphatic rings. The van der Waals surface area contributed by atoms with Gasteiger partial charge >= 0.3 is 0 Å². The Morgan fingerprint density at radius 1 is 1.08 bits per heavy atom. The van der Waals surface area contributed by atoms with Crippen LogP contribution in [0.5, 0.6) is 11.5 Å². The van der Waals surface area contributed by atoms with Crippen LogP contribution in [0, 0.1) is 6.92 Å². The number of fused-ring (bicyclic) bond motifs is 1. The molecule has 2 heterocycles. The lowest BCUT2D eigenvalue weighted by molar-refractivity contribution is -0.117. The van der Waals surface area contributed by atoms with Crippen LogP contribution in [0.3, 0.4) is 0 Å². The summed E-state index contributed by atoms with van der Waals surface area (Å²) in [5.41, 5.74) is 5.19. The van der Waals surface area contributed by atoms with E-state index in [0.717, 1.165) is 40.1 Å². The van der Waals surface area contributed by atoms with Crippen molar-refractivity contribution < 1.29 is 14.3 Å². The quantitative estimate of drug-likeness (QED) is 0.289. The van der Waals surface area contributed by atoms with Crippen LogP contribution in [0.15, 0.2) is 79.4 Å². The Kier molecular flexibility index (Phi) is 6.76. The van der Waals surface area contributed by atoms with Gasteiger partial charge in [0.25, 0.3) is 0 Å². The molecule has 1 amide bonds. The van der Waals surface area contributed by atoms with E-state index in [1.54, 1.807) is 7.11 Å². The summed E-state index contributed by atoms with van der Waals surface area (Å²) in [5.74, 6) is 2.48. The molecule has 1 fully saturated rings. The largest absolute Gasteiger partial charge is 0.493 e. The van der Waals surface area contributed by atoms with Gasteiger partial charge in [-0.3, -0.25) is 4.79 Å². The maximum Gasteiger partial charge on any atom is 0.227 e. The first kappa shape index (κ1) is 23.7. The Morgan fingerprint density at radius 2 is 1.94 bits per heavy atom. The molecule has 0 bridgehead atoms. The summed E-state index contributed by atoms with van der Waals surface area (Å²) in [6.45, 7) is 7.53. The van der Waals surface area contributed by atoms with Gasteiger partial charge in [-0.2, -0.15) is 0 Å². The summed E-state index contributed by atoms with van der Waals surface area (Å²) in [6.07, 6.45) is 3.09. The molecular weight excluding hydrogens is 450 g/mol. The number of anilines is 1. The molecule has 5 rings (SSSR count). The van der Waals surface area contributed by atoms with Crippen LogP contribution in [0.4, 0.5) is 5.69 Å². The molecule has 0 spiro atoms. The van der Waals surface area contributed by atoms with Crippen LogP contribution >= 0.6 is 0 Å². The molecule has 1 atom stereocenters. The number of hydrogen-bond donors (Lipinski definition) is 0. The van der Waals surface area contributed by atoms with Gasteiger partial charge in [0.15, 0.2) is 11.5 Å². The fourth-order valence-electron chi connectivity index (χ4n) is 4.94. The van der Waals surface area contributed by atoms with Crippen molar-refractivity contribution in [1.29, 1.82) is 0 Å². The number of aromatic nitrogens is 2. The number of hydrogen-bond acceptors (Lipinski definition) is 4. The Balaban J connectivity index is 1.38. The Hall–Kier alpha value is -4.06. The molecule has 1 aromatic heterocycles. The van der Waals surface area contributed by atoms with Crippen LogP contribution in [-0.2, 0) is 17.8 Å². The molecule has 1 aliphatic heterocycles. The van der Waals surface area contributed by atoms with Gasteiger partial charge in [-0.15, -0.1) is 6.58 Å². The van der Waals surface area contributed by atoms with Crippen LogP contribution in [-0.4, -0.2) is 35.7 Å². The van der Waals surface area contributed by atoms with E-state index in [0.29, 0.717) is 37.6 Å². The minimum absolute atomic E-state index is 0.0122. The highest BCUT2D eigenvalue weighted by atomic mass is 16.5. The zero-order chi connectivity index (χ0) is 25.1. The molecule has 0 saturated carbocycles. The highest BCUT2D eigenvalue weighted by molar-refractivity contribution is 5.96. The fraction of sp³-hybridized carbons (Fsp3) is 0.267. The Labute approximate surface area is 211 Å². The number of imidazole rings is 1. The third-order valence-electron chi connectivity index (χ3n) is 6.67. The fourth-order valence-corrected chi connectivity index (χ4v) is 4.94. The third kappa shape index (κ3) is 4.71. The maximum absolute atomic E-state index is 13.0. The number of ether oxygens (including phenoxy) is 2. The molecule has 0 unspecified atom stereocenters. The molecule has 6 heteroatoms. The van der Waals surface area contributed by atoms with E-state index in [1.165, 1.54) is 0 Å². The van der Waals surface area contributed by atoms with Crippen molar-refractivity contribution in [2.45, 2.75) is 32.2 Å². The summed E-state index contributed by atoms with van der Waals surface area (Å²) < 4.78 is 13.9. The predicted octanol–water partition coefficient (Wildman–Crippen LogP) is 5.68. The van der Waals surface area contributed by atoms with Crippen molar-refractivity contribution in [3.8, 4) is 11.5 Å². The SMILES string of the molecule is C=CCc1ccc(OCCn2c([C@H]3CC(=O)N(c4cccc(C)c4)C3)nc3ccccc32)c(OC)c1. The van der Waals surface area contributed by atoms with Gasteiger partial charge in [0, 0.05) is 24.6 Å². The second-order valence-corrected chi connectivity index (χ2v) is 9.18. The average Bonchev–Trinajstić information content (AvgIpc) is 3.45. The molecule has 0 N–H and O–H groups in total. The first-order valence-corrected chi connectivity index (χ1v) is 12.3. The summed E-state index contributed by atoms with van der Waals surface area (Å²) in [4.78, 5) is 19.8. The van der Waals surface area contributed by atoms with Crippen LogP contribution in [0.25, 0.3) is 11.0 Å². The molecule has 1 saturated heterocycles. The number of allylic oxidation sites excluding steroid dienone is 1. The minimum Gasteiger partial charge on any atom is -0.493 e. The van der Waals surface area contributed by atoms with E-state index >= 15 is 0 Å². The summed E-state index contributed by atoms with van der Waals surface area (Å²) in [5, 5.41) is 0. The van der Waals surface area contributed by atoms with Crippen molar-refractivity contribution >= 4 is 22.6 Å². The first-order chi connectivity index (χ1) is 17.6. The number of methoxy groups -OCH3 is 1. The van der Waals surface area contributed by atoms with Crippen molar-refractivity contribution in [3.05, 3.63) is 96.3 Å². The lowest BCUT2D eigenvalue weighted by Gasteiger charge is -2.18. The molecule has 6 nitrogen and oxygen atoms in total. The molecule has 0 aliphatic carbocycles. The van der Waals surface area contributed by atoms with Gasteiger partial charge in [-0.25, -0.2) is 4.98 Å².